The molecule has 5 rings (SSSR count). The number of carbonyl (C=O) groups is 2. The standard InChI is InChI=1S/C36H42ClN3O3S/c37-31-17-15-29(16-18-31)28-11-13-30(14-12-28)35(41)39-32(21-26-7-3-1-4-8-26)19-20-33(22-27-9-5-2-6-10-27)40-36(42)43-24-34-23-38-25-44-34/h1-10,15,17-18,23,25,28-30,32-33H,11-14,16,19-22,24H2,(H,39,41)(H,40,42). The molecule has 2 aliphatic carbocycles. The molecule has 2 aromatic carbocycles. The number of amides is 2. The Morgan fingerprint density at radius 3 is 2.11 bits per heavy atom. The zero-order valence-electron chi connectivity index (χ0n) is 25.1. The average Bonchev–Trinajstić information content (AvgIpc) is 3.58. The largest absolute Gasteiger partial charge is 0.444 e. The summed E-state index contributed by atoms with van der Waals surface area (Å²) in [4.78, 5) is 31.3. The number of carbonyl (C=O) groups excluding carboxylic acids is 2. The van der Waals surface area contributed by atoms with Crippen LogP contribution in [0.1, 0.15) is 60.9 Å². The smallest absolute Gasteiger partial charge is 0.407 e. The van der Waals surface area contributed by atoms with Crippen molar-refractivity contribution in [2.45, 2.75) is 76.5 Å². The van der Waals surface area contributed by atoms with Gasteiger partial charge in [-0.15, -0.1) is 11.3 Å². The molecule has 2 N–H and O–H groups in total. The van der Waals surface area contributed by atoms with Gasteiger partial charge in [-0.2, -0.15) is 0 Å². The minimum Gasteiger partial charge on any atom is -0.444 e. The number of aromatic nitrogens is 1. The van der Waals surface area contributed by atoms with Crippen LogP contribution in [0, 0.1) is 17.8 Å². The Kier molecular flexibility index (Phi) is 12.1. The van der Waals surface area contributed by atoms with Crippen molar-refractivity contribution in [3.63, 3.8) is 0 Å². The molecule has 0 aliphatic heterocycles. The Morgan fingerprint density at radius 1 is 0.909 bits per heavy atom. The highest BCUT2D eigenvalue weighted by Gasteiger charge is 2.31. The molecule has 0 spiro atoms. The van der Waals surface area contributed by atoms with E-state index in [-0.39, 0.29) is 30.5 Å². The van der Waals surface area contributed by atoms with Crippen molar-refractivity contribution in [1.29, 1.82) is 0 Å². The van der Waals surface area contributed by atoms with E-state index in [9.17, 15) is 9.59 Å². The molecule has 232 valence electrons. The maximum absolute atomic E-state index is 13.6. The summed E-state index contributed by atoms with van der Waals surface area (Å²) in [5.74, 6) is 1.33. The first-order valence-electron chi connectivity index (χ1n) is 15.7. The molecule has 3 aromatic rings. The molecule has 6 nitrogen and oxygen atoms in total. The van der Waals surface area contributed by atoms with Crippen LogP contribution in [-0.2, 0) is 29.0 Å². The van der Waals surface area contributed by atoms with Crippen LogP contribution in [-0.4, -0.2) is 29.1 Å². The number of rotatable bonds is 13. The maximum Gasteiger partial charge on any atom is 0.407 e. The molecule has 0 radical (unpaired) electrons. The summed E-state index contributed by atoms with van der Waals surface area (Å²) in [6.07, 6.45) is 15.5. The van der Waals surface area contributed by atoms with Gasteiger partial charge in [0.1, 0.15) is 6.61 Å². The average molecular weight is 632 g/mol. The Morgan fingerprint density at radius 2 is 1.55 bits per heavy atom. The van der Waals surface area contributed by atoms with Crippen LogP contribution in [0.4, 0.5) is 4.79 Å². The van der Waals surface area contributed by atoms with Crippen molar-refractivity contribution in [2.75, 3.05) is 0 Å². The first kappa shape index (κ1) is 32.0. The molecule has 3 atom stereocenters. The zero-order chi connectivity index (χ0) is 30.6. The van der Waals surface area contributed by atoms with Gasteiger partial charge < -0.3 is 15.4 Å². The van der Waals surface area contributed by atoms with Gasteiger partial charge in [0.2, 0.25) is 5.91 Å². The minimum atomic E-state index is -0.440. The molecule has 44 heavy (non-hydrogen) atoms. The van der Waals surface area contributed by atoms with Crippen LogP contribution < -0.4 is 10.6 Å². The molecule has 3 unspecified atom stereocenters. The second-order valence-electron chi connectivity index (χ2n) is 12.0. The fourth-order valence-corrected chi connectivity index (χ4v) is 7.07. The number of alkyl carbamates (subject to hydrolysis) is 1. The summed E-state index contributed by atoms with van der Waals surface area (Å²) in [6.45, 7) is 0.199. The topological polar surface area (TPSA) is 80.3 Å². The molecule has 1 saturated carbocycles. The number of benzene rings is 2. The van der Waals surface area contributed by atoms with Gasteiger partial charge in [-0.05, 0) is 86.8 Å². The van der Waals surface area contributed by atoms with Crippen LogP contribution in [0.15, 0.2) is 95.6 Å². The highest BCUT2D eigenvalue weighted by atomic mass is 35.5. The van der Waals surface area contributed by atoms with E-state index in [0.717, 1.165) is 60.4 Å². The van der Waals surface area contributed by atoms with Crippen LogP contribution in [0.3, 0.4) is 0 Å². The number of halogens is 1. The van der Waals surface area contributed by atoms with Crippen molar-refractivity contribution in [2.24, 2.45) is 17.8 Å². The van der Waals surface area contributed by atoms with Crippen molar-refractivity contribution in [3.05, 3.63) is 112 Å². The van der Waals surface area contributed by atoms with E-state index < -0.39 is 6.09 Å². The fraction of sp³-hybridized carbons (Fsp3) is 0.417. The zero-order valence-corrected chi connectivity index (χ0v) is 26.6. The lowest BCUT2D eigenvalue weighted by atomic mass is 9.73. The molecule has 1 aromatic heterocycles. The molecule has 0 bridgehead atoms. The number of allylic oxidation sites excluding steroid dienone is 4. The summed E-state index contributed by atoms with van der Waals surface area (Å²) in [5.41, 5.74) is 4.06. The van der Waals surface area contributed by atoms with Crippen molar-refractivity contribution < 1.29 is 14.3 Å². The lowest BCUT2D eigenvalue weighted by Gasteiger charge is -2.33. The fourth-order valence-electron chi connectivity index (χ4n) is 6.40. The summed E-state index contributed by atoms with van der Waals surface area (Å²) in [6, 6.07) is 20.3. The molecule has 1 fully saturated rings. The Hall–Kier alpha value is -3.42. The molecular formula is C36H42ClN3O3S. The van der Waals surface area contributed by atoms with Crippen LogP contribution >= 0.6 is 22.9 Å². The molecule has 8 heteroatoms. The number of hydrogen-bond acceptors (Lipinski definition) is 5. The first-order valence-corrected chi connectivity index (χ1v) is 17.0. The van der Waals surface area contributed by atoms with E-state index >= 15 is 0 Å². The van der Waals surface area contributed by atoms with Gasteiger partial charge in [-0.1, -0.05) is 84.4 Å². The molecule has 2 amide bonds. The number of nitrogens with one attached hydrogen (secondary N) is 2. The van der Waals surface area contributed by atoms with E-state index in [4.69, 9.17) is 16.3 Å². The third-order valence-corrected chi connectivity index (χ3v) is 9.88. The summed E-state index contributed by atoms with van der Waals surface area (Å²) >= 11 is 7.59. The monoisotopic (exact) mass is 631 g/mol. The number of ether oxygens (including phenoxy) is 1. The van der Waals surface area contributed by atoms with E-state index in [1.54, 1.807) is 11.7 Å². The van der Waals surface area contributed by atoms with Gasteiger partial charge in [-0.3, -0.25) is 9.78 Å². The van der Waals surface area contributed by atoms with Gasteiger partial charge in [0.05, 0.1) is 10.4 Å². The number of thiazole rings is 1. The molecule has 0 saturated heterocycles. The quantitative estimate of drug-likeness (QED) is 0.200. The van der Waals surface area contributed by atoms with Gasteiger partial charge in [-0.25, -0.2) is 4.79 Å². The molecular weight excluding hydrogens is 590 g/mol. The normalized spacial score (nSPS) is 21.1. The highest BCUT2D eigenvalue weighted by molar-refractivity contribution is 7.09. The van der Waals surface area contributed by atoms with Crippen molar-refractivity contribution in [1.82, 2.24) is 15.6 Å². The predicted molar refractivity (Wildman–Crippen MR) is 177 cm³/mol. The van der Waals surface area contributed by atoms with Crippen molar-refractivity contribution in [3.8, 4) is 0 Å². The predicted octanol–water partition coefficient (Wildman–Crippen LogP) is 7.99. The van der Waals surface area contributed by atoms with Crippen molar-refractivity contribution >= 4 is 34.9 Å². The van der Waals surface area contributed by atoms with Crippen LogP contribution in [0.25, 0.3) is 0 Å². The van der Waals surface area contributed by atoms with E-state index in [1.165, 1.54) is 16.9 Å². The van der Waals surface area contributed by atoms with E-state index in [0.29, 0.717) is 24.7 Å². The lowest BCUT2D eigenvalue weighted by molar-refractivity contribution is -0.127. The van der Waals surface area contributed by atoms with E-state index in [1.807, 2.05) is 42.5 Å². The second kappa shape index (κ2) is 16.6. The van der Waals surface area contributed by atoms with Gasteiger partial charge >= 0.3 is 6.09 Å². The Balaban J connectivity index is 1.19. The third-order valence-electron chi connectivity index (χ3n) is 8.85. The lowest BCUT2D eigenvalue weighted by Crippen LogP contribution is -2.43. The summed E-state index contributed by atoms with van der Waals surface area (Å²) < 4.78 is 5.50. The first-order chi connectivity index (χ1) is 21.5. The van der Waals surface area contributed by atoms with Gasteiger partial charge in [0.25, 0.3) is 0 Å². The SMILES string of the molecule is O=C(NC(CCC(Cc1ccccc1)NC(=O)C1CCC(C2C=CC(Cl)=CC2)CC1)Cc1ccccc1)OCc1cncs1. The van der Waals surface area contributed by atoms with Gasteiger partial charge in [0, 0.05) is 29.2 Å². The van der Waals surface area contributed by atoms with E-state index in [2.05, 4.69) is 52.0 Å². The van der Waals surface area contributed by atoms with Crippen LogP contribution in [0.2, 0.25) is 0 Å². The number of hydrogen-bond donors (Lipinski definition) is 2. The minimum absolute atomic E-state index is 0.0375. The van der Waals surface area contributed by atoms with Gasteiger partial charge in [0.15, 0.2) is 0 Å². The molecule has 2 aliphatic rings. The number of nitrogens with zero attached hydrogens (tertiary/aromatic N) is 1. The summed E-state index contributed by atoms with van der Waals surface area (Å²) in [7, 11) is 0. The Labute approximate surface area is 270 Å². The molecule has 1 heterocycles. The third kappa shape index (κ3) is 10.1. The Bertz CT molecular complexity index is 1370. The second-order valence-corrected chi connectivity index (χ2v) is 13.4. The summed E-state index contributed by atoms with van der Waals surface area (Å²) in [5, 5.41) is 7.34. The maximum atomic E-state index is 13.6. The highest BCUT2D eigenvalue weighted by Crippen LogP contribution is 2.37. The van der Waals surface area contributed by atoms with Crippen LogP contribution in [0.5, 0.6) is 0 Å².